The van der Waals surface area contributed by atoms with Crippen molar-refractivity contribution in [3.05, 3.63) is 29.8 Å². The van der Waals surface area contributed by atoms with E-state index in [1.807, 2.05) is 12.1 Å². The van der Waals surface area contributed by atoms with E-state index in [9.17, 15) is 0 Å². The van der Waals surface area contributed by atoms with Crippen molar-refractivity contribution in [2.45, 2.75) is 46.5 Å². The molecule has 0 aliphatic heterocycles. The summed E-state index contributed by atoms with van der Waals surface area (Å²) in [6, 6.07) is 8.25. The van der Waals surface area contributed by atoms with Gasteiger partial charge in [-0.1, -0.05) is 46.8 Å². The molecule has 15 heavy (non-hydrogen) atoms. The summed E-state index contributed by atoms with van der Waals surface area (Å²) in [7, 11) is 0. The fourth-order valence-corrected chi connectivity index (χ4v) is 2.36. The van der Waals surface area contributed by atoms with Crippen molar-refractivity contribution in [1.29, 1.82) is 0 Å². The summed E-state index contributed by atoms with van der Waals surface area (Å²) in [5.41, 5.74) is 8.47. The Hall–Kier alpha value is -0.980. The second-order valence-electron chi connectivity index (χ2n) is 6.24. The Kier molecular flexibility index (Phi) is 3.13. The Balaban J connectivity index is 2.90. The van der Waals surface area contributed by atoms with Crippen molar-refractivity contribution >= 4 is 5.69 Å². The van der Waals surface area contributed by atoms with Gasteiger partial charge in [-0.15, -0.1) is 0 Å². The van der Waals surface area contributed by atoms with E-state index >= 15 is 0 Å². The molecule has 0 atom stereocenters. The highest BCUT2D eigenvalue weighted by atomic mass is 14.5. The molecule has 0 saturated heterocycles. The largest absolute Gasteiger partial charge is 0.399 e. The van der Waals surface area contributed by atoms with Crippen molar-refractivity contribution in [3.63, 3.8) is 0 Å². The van der Waals surface area contributed by atoms with E-state index in [0.29, 0.717) is 5.41 Å². The number of nitrogen functional groups attached to an aromatic ring is 1. The lowest BCUT2D eigenvalue weighted by Crippen LogP contribution is -2.24. The summed E-state index contributed by atoms with van der Waals surface area (Å²) in [6.07, 6.45) is 1.17. The number of anilines is 1. The van der Waals surface area contributed by atoms with E-state index in [0.717, 1.165) is 5.69 Å². The summed E-state index contributed by atoms with van der Waals surface area (Å²) in [6.45, 7) is 11.4. The molecule has 1 nitrogen and oxygen atoms in total. The van der Waals surface area contributed by atoms with E-state index in [4.69, 9.17) is 5.73 Å². The van der Waals surface area contributed by atoms with Crippen LogP contribution in [-0.4, -0.2) is 0 Å². The maximum Gasteiger partial charge on any atom is 0.0314 e. The number of hydrogen-bond donors (Lipinski definition) is 1. The van der Waals surface area contributed by atoms with Crippen LogP contribution in [-0.2, 0) is 5.41 Å². The number of rotatable bonds is 2. The van der Waals surface area contributed by atoms with Crippen LogP contribution in [0.15, 0.2) is 24.3 Å². The second-order valence-corrected chi connectivity index (χ2v) is 6.24. The SMILES string of the molecule is CC(C)(C)CC(C)(C)c1ccc(N)cc1. The third-order valence-electron chi connectivity index (χ3n) is 2.66. The number of nitrogens with two attached hydrogens (primary N) is 1. The van der Waals surface area contributed by atoms with Gasteiger partial charge >= 0.3 is 0 Å². The zero-order chi connectivity index (χ0) is 11.7. The van der Waals surface area contributed by atoms with Gasteiger partial charge in [-0.2, -0.15) is 0 Å². The molecule has 0 saturated carbocycles. The quantitative estimate of drug-likeness (QED) is 0.726. The predicted molar refractivity (Wildman–Crippen MR) is 68.0 cm³/mol. The molecule has 0 unspecified atom stereocenters. The Labute approximate surface area is 93.7 Å². The molecule has 1 rings (SSSR count). The van der Waals surface area contributed by atoms with Crippen molar-refractivity contribution < 1.29 is 0 Å². The second kappa shape index (κ2) is 3.88. The smallest absolute Gasteiger partial charge is 0.0314 e. The molecule has 1 aromatic carbocycles. The van der Waals surface area contributed by atoms with Crippen LogP contribution in [0.25, 0.3) is 0 Å². The van der Waals surface area contributed by atoms with E-state index in [-0.39, 0.29) is 5.41 Å². The van der Waals surface area contributed by atoms with Crippen molar-refractivity contribution in [3.8, 4) is 0 Å². The maximum absolute atomic E-state index is 5.70. The van der Waals surface area contributed by atoms with E-state index < -0.39 is 0 Å². The van der Waals surface area contributed by atoms with Crippen LogP contribution < -0.4 is 5.73 Å². The van der Waals surface area contributed by atoms with Gasteiger partial charge in [0.15, 0.2) is 0 Å². The highest BCUT2D eigenvalue weighted by Crippen LogP contribution is 2.36. The average Bonchev–Trinajstić information content (AvgIpc) is 2.00. The normalized spacial score (nSPS) is 12.9. The van der Waals surface area contributed by atoms with Crippen LogP contribution >= 0.6 is 0 Å². The van der Waals surface area contributed by atoms with Crippen LogP contribution in [0.2, 0.25) is 0 Å². The first-order valence-corrected chi connectivity index (χ1v) is 5.57. The highest BCUT2D eigenvalue weighted by Gasteiger charge is 2.26. The molecule has 0 heterocycles. The van der Waals surface area contributed by atoms with E-state index in [1.165, 1.54) is 12.0 Å². The minimum absolute atomic E-state index is 0.214. The first-order valence-electron chi connectivity index (χ1n) is 5.57. The van der Waals surface area contributed by atoms with Gasteiger partial charge in [-0.05, 0) is 34.9 Å². The fourth-order valence-electron chi connectivity index (χ4n) is 2.36. The Morgan fingerprint density at radius 3 is 1.80 bits per heavy atom. The maximum atomic E-state index is 5.70. The van der Waals surface area contributed by atoms with Gasteiger partial charge in [0.25, 0.3) is 0 Å². The summed E-state index contributed by atoms with van der Waals surface area (Å²) in [4.78, 5) is 0. The molecule has 0 aliphatic carbocycles. The standard InChI is InChI=1S/C14H23N/c1-13(2,3)10-14(4,5)11-6-8-12(15)9-7-11/h6-9H,10,15H2,1-5H3. The van der Waals surface area contributed by atoms with Gasteiger partial charge in [0, 0.05) is 5.69 Å². The number of benzene rings is 1. The van der Waals surface area contributed by atoms with Crippen LogP contribution in [0.3, 0.4) is 0 Å². The molecule has 84 valence electrons. The minimum atomic E-state index is 0.214. The third-order valence-corrected chi connectivity index (χ3v) is 2.66. The Morgan fingerprint density at radius 2 is 1.40 bits per heavy atom. The van der Waals surface area contributed by atoms with Crippen LogP contribution in [0.5, 0.6) is 0 Å². The van der Waals surface area contributed by atoms with Crippen molar-refractivity contribution in [2.24, 2.45) is 5.41 Å². The molecule has 0 aromatic heterocycles. The van der Waals surface area contributed by atoms with Crippen molar-refractivity contribution in [2.75, 3.05) is 5.73 Å². The monoisotopic (exact) mass is 205 g/mol. The molecule has 0 fully saturated rings. The highest BCUT2D eigenvalue weighted by molar-refractivity contribution is 5.41. The number of hydrogen-bond acceptors (Lipinski definition) is 1. The zero-order valence-electron chi connectivity index (χ0n) is 10.6. The van der Waals surface area contributed by atoms with Gasteiger partial charge in [-0.25, -0.2) is 0 Å². The van der Waals surface area contributed by atoms with Crippen LogP contribution in [0.4, 0.5) is 5.69 Å². The summed E-state index contributed by atoms with van der Waals surface area (Å²) >= 11 is 0. The van der Waals surface area contributed by atoms with Gasteiger partial charge in [0.05, 0.1) is 0 Å². The van der Waals surface area contributed by atoms with Crippen LogP contribution in [0, 0.1) is 5.41 Å². The molecular formula is C14H23N. The molecule has 0 radical (unpaired) electrons. The zero-order valence-corrected chi connectivity index (χ0v) is 10.6. The molecule has 1 heteroatoms. The van der Waals surface area contributed by atoms with Gasteiger partial charge < -0.3 is 5.73 Å². The van der Waals surface area contributed by atoms with Crippen LogP contribution in [0.1, 0.15) is 46.6 Å². The molecule has 0 aliphatic rings. The first-order chi connectivity index (χ1) is 6.71. The molecule has 0 bridgehead atoms. The van der Waals surface area contributed by atoms with Gasteiger partial charge in [0.2, 0.25) is 0 Å². The lowest BCUT2D eigenvalue weighted by Gasteiger charge is -2.33. The van der Waals surface area contributed by atoms with Crippen molar-refractivity contribution in [1.82, 2.24) is 0 Å². The topological polar surface area (TPSA) is 26.0 Å². The summed E-state index contributed by atoms with van der Waals surface area (Å²) in [5, 5.41) is 0. The molecule has 0 spiro atoms. The lowest BCUT2D eigenvalue weighted by atomic mass is 9.72. The third kappa shape index (κ3) is 3.58. The average molecular weight is 205 g/mol. The predicted octanol–water partition coefficient (Wildman–Crippen LogP) is 3.98. The molecule has 1 aromatic rings. The van der Waals surface area contributed by atoms with E-state index in [1.54, 1.807) is 0 Å². The van der Waals surface area contributed by atoms with E-state index in [2.05, 4.69) is 46.8 Å². The molecule has 0 amide bonds. The summed E-state index contributed by atoms with van der Waals surface area (Å²) < 4.78 is 0. The van der Waals surface area contributed by atoms with Gasteiger partial charge in [-0.3, -0.25) is 0 Å². The van der Waals surface area contributed by atoms with Gasteiger partial charge in [0.1, 0.15) is 0 Å². The Morgan fingerprint density at radius 1 is 0.933 bits per heavy atom. The first kappa shape index (κ1) is 12.1. The molecule has 2 N–H and O–H groups in total. The minimum Gasteiger partial charge on any atom is -0.399 e. The summed E-state index contributed by atoms with van der Waals surface area (Å²) in [5.74, 6) is 0. The fraction of sp³-hybridized carbons (Fsp3) is 0.571. The Bertz CT molecular complexity index is 314. The molecular weight excluding hydrogens is 182 g/mol. The lowest BCUT2D eigenvalue weighted by molar-refractivity contribution is 0.284.